The van der Waals surface area contributed by atoms with Crippen LogP contribution in [0.25, 0.3) is 0 Å². The molecule has 1 aromatic rings. The van der Waals surface area contributed by atoms with E-state index in [0.29, 0.717) is 21.9 Å². The molecule has 4 nitrogen and oxygen atoms in total. The van der Waals surface area contributed by atoms with Gasteiger partial charge in [-0.15, -0.1) is 0 Å². The molecular weight excluding hydrogens is 224 g/mol. The number of methoxy groups -OCH3 is 2. The number of hydrogen-bond donors (Lipinski definition) is 1. The summed E-state index contributed by atoms with van der Waals surface area (Å²) in [4.78, 5) is 4.00. The largest absolute Gasteiger partial charge is 0.481 e. The van der Waals surface area contributed by atoms with Crippen molar-refractivity contribution in [1.29, 1.82) is 0 Å². The lowest BCUT2D eigenvalue weighted by atomic mass is 10.4. The normalized spacial score (nSPS) is 9.58. The summed E-state index contributed by atoms with van der Waals surface area (Å²) in [5.74, 6) is 0.861. The van der Waals surface area contributed by atoms with Crippen LogP contribution < -0.4 is 15.2 Å². The first-order valence-electron chi connectivity index (χ1n) is 3.23. The Morgan fingerprint density at radius 1 is 1.42 bits per heavy atom. The summed E-state index contributed by atoms with van der Waals surface area (Å²) in [7, 11) is 3.04. The molecule has 0 aliphatic carbocycles. The summed E-state index contributed by atoms with van der Waals surface area (Å²) in [5, 5.41) is 0. The van der Waals surface area contributed by atoms with Crippen LogP contribution in [0.4, 0.5) is 5.69 Å². The minimum absolute atomic E-state index is 0.423. The fourth-order valence-electron chi connectivity index (χ4n) is 0.741. The van der Waals surface area contributed by atoms with Gasteiger partial charge in [0.2, 0.25) is 11.8 Å². The van der Waals surface area contributed by atoms with Crippen molar-refractivity contribution >= 4 is 21.6 Å². The van der Waals surface area contributed by atoms with E-state index < -0.39 is 0 Å². The summed E-state index contributed by atoms with van der Waals surface area (Å²) in [6, 6.07) is 1.62. The maximum Gasteiger partial charge on any atom is 0.233 e. The van der Waals surface area contributed by atoms with E-state index in [0.717, 1.165) is 0 Å². The zero-order valence-electron chi connectivity index (χ0n) is 6.80. The lowest BCUT2D eigenvalue weighted by Gasteiger charge is -2.06. The Hall–Kier alpha value is -0.970. The van der Waals surface area contributed by atoms with Crippen LogP contribution in [0, 0.1) is 0 Å². The molecule has 0 saturated carbocycles. The van der Waals surface area contributed by atoms with Gasteiger partial charge in [-0.3, -0.25) is 0 Å². The van der Waals surface area contributed by atoms with Crippen LogP contribution >= 0.6 is 15.9 Å². The Morgan fingerprint density at radius 3 is 2.58 bits per heavy atom. The molecule has 0 radical (unpaired) electrons. The van der Waals surface area contributed by atoms with Crippen LogP contribution in [0.2, 0.25) is 0 Å². The highest BCUT2D eigenvalue weighted by Crippen LogP contribution is 2.31. The monoisotopic (exact) mass is 232 g/mol. The molecule has 1 heterocycles. The van der Waals surface area contributed by atoms with Gasteiger partial charge in [-0.1, -0.05) is 0 Å². The van der Waals surface area contributed by atoms with Crippen molar-refractivity contribution in [2.24, 2.45) is 0 Å². The summed E-state index contributed by atoms with van der Waals surface area (Å²) < 4.78 is 10.5. The van der Waals surface area contributed by atoms with Crippen molar-refractivity contribution in [3.63, 3.8) is 0 Å². The molecule has 1 rings (SSSR count). The number of pyridine rings is 1. The summed E-state index contributed by atoms with van der Waals surface area (Å²) in [6.45, 7) is 0. The van der Waals surface area contributed by atoms with Crippen LogP contribution in [0.5, 0.6) is 11.8 Å². The van der Waals surface area contributed by atoms with E-state index in [1.54, 1.807) is 6.07 Å². The standard InChI is InChI=1S/C7H9BrN2O2/c1-11-5-3-4(9)6(8)7(10-5)12-2/h3H,1-2H3,(H2,9,10). The Balaban J connectivity index is 3.19. The first kappa shape index (κ1) is 9.12. The van der Waals surface area contributed by atoms with E-state index in [9.17, 15) is 0 Å². The van der Waals surface area contributed by atoms with Crippen LogP contribution in [0.1, 0.15) is 0 Å². The van der Waals surface area contributed by atoms with Gasteiger partial charge in [0.15, 0.2) is 0 Å². The van der Waals surface area contributed by atoms with Crippen molar-refractivity contribution in [2.75, 3.05) is 20.0 Å². The minimum atomic E-state index is 0.423. The van der Waals surface area contributed by atoms with Gasteiger partial charge in [-0.25, -0.2) is 0 Å². The Kier molecular flexibility index (Phi) is 2.75. The second kappa shape index (κ2) is 3.62. The summed E-state index contributed by atoms with van der Waals surface area (Å²) in [6.07, 6.45) is 0. The molecule has 1 aromatic heterocycles. The van der Waals surface area contributed by atoms with Gasteiger partial charge in [-0.05, 0) is 15.9 Å². The molecule has 0 atom stereocenters. The van der Waals surface area contributed by atoms with E-state index >= 15 is 0 Å². The predicted molar refractivity (Wildman–Crippen MR) is 49.5 cm³/mol. The molecule has 0 saturated heterocycles. The van der Waals surface area contributed by atoms with Gasteiger partial charge in [0.05, 0.1) is 19.9 Å². The molecule has 0 fully saturated rings. The highest BCUT2D eigenvalue weighted by Gasteiger charge is 2.08. The lowest BCUT2D eigenvalue weighted by Crippen LogP contribution is -1.97. The number of rotatable bonds is 2. The predicted octanol–water partition coefficient (Wildman–Crippen LogP) is 1.44. The van der Waals surface area contributed by atoms with E-state index in [1.165, 1.54) is 14.2 Å². The molecule has 0 unspecified atom stereocenters. The number of halogens is 1. The average molecular weight is 233 g/mol. The highest BCUT2D eigenvalue weighted by atomic mass is 79.9. The van der Waals surface area contributed by atoms with Crippen molar-refractivity contribution in [2.45, 2.75) is 0 Å². The zero-order valence-corrected chi connectivity index (χ0v) is 8.38. The third-order valence-electron chi connectivity index (χ3n) is 1.33. The lowest BCUT2D eigenvalue weighted by molar-refractivity contribution is 0.363. The van der Waals surface area contributed by atoms with Gasteiger partial charge in [0.1, 0.15) is 4.47 Å². The smallest absolute Gasteiger partial charge is 0.233 e. The quantitative estimate of drug-likeness (QED) is 0.839. The molecule has 2 N–H and O–H groups in total. The Labute approximate surface area is 78.8 Å². The van der Waals surface area contributed by atoms with Gasteiger partial charge in [-0.2, -0.15) is 4.98 Å². The molecule has 0 spiro atoms. The molecule has 0 aromatic carbocycles. The average Bonchev–Trinajstić information content (AvgIpc) is 2.09. The summed E-state index contributed by atoms with van der Waals surface area (Å²) >= 11 is 3.24. The molecular formula is C7H9BrN2O2. The second-order valence-corrected chi connectivity index (χ2v) is 2.87. The van der Waals surface area contributed by atoms with Crippen molar-refractivity contribution in [1.82, 2.24) is 4.98 Å². The topological polar surface area (TPSA) is 57.4 Å². The van der Waals surface area contributed by atoms with E-state index in [1.807, 2.05) is 0 Å². The molecule has 5 heteroatoms. The fraction of sp³-hybridized carbons (Fsp3) is 0.286. The molecule has 12 heavy (non-hydrogen) atoms. The highest BCUT2D eigenvalue weighted by molar-refractivity contribution is 9.10. The first-order valence-corrected chi connectivity index (χ1v) is 4.02. The van der Waals surface area contributed by atoms with Crippen molar-refractivity contribution in [3.8, 4) is 11.8 Å². The van der Waals surface area contributed by atoms with Gasteiger partial charge >= 0.3 is 0 Å². The number of ether oxygens (including phenoxy) is 2. The number of nitrogens with two attached hydrogens (primary N) is 1. The minimum Gasteiger partial charge on any atom is -0.481 e. The third kappa shape index (κ3) is 1.61. The van der Waals surface area contributed by atoms with E-state index in [2.05, 4.69) is 20.9 Å². The molecule has 0 aliphatic heterocycles. The first-order chi connectivity index (χ1) is 5.69. The van der Waals surface area contributed by atoms with E-state index in [-0.39, 0.29) is 0 Å². The maximum atomic E-state index is 5.63. The number of anilines is 1. The zero-order chi connectivity index (χ0) is 9.14. The number of hydrogen-bond acceptors (Lipinski definition) is 4. The Morgan fingerprint density at radius 2 is 2.08 bits per heavy atom. The molecule has 0 aliphatic rings. The SMILES string of the molecule is COc1cc(N)c(Br)c(OC)n1. The fourth-order valence-corrected chi connectivity index (χ4v) is 1.11. The molecule has 0 amide bonds. The second-order valence-electron chi connectivity index (χ2n) is 2.08. The van der Waals surface area contributed by atoms with Crippen LogP contribution in [0.15, 0.2) is 10.5 Å². The number of nitrogen functional groups attached to an aromatic ring is 1. The van der Waals surface area contributed by atoms with Gasteiger partial charge in [0, 0.05) is 6.07 Å². The number of nitrogens with zero attached hydrogens (tertiary/aromatic N) is 1. The van der Waals surface area contributed by atoms with Gasteiger partial charge < -0.3 is 15.2 Å². The maximum absolute atomic E-state index is 5.63. The van der Waals surface area contributed by atoms with Crippen LogP contribution in [-0.4, -0.2) is 19.2 Å². The molecule has 0 bridgehead atoms. The van der Waals surface area contributed by atoms with Crippen molar-refractivity contribution < 1.29 is 9.47 Å². The van der Waals surface area contributed by atoms with E-state index in [4.69, 9.17) is 15.2 Å². The van der Waals surface area contributed by atoms with Crippen molar-refractivity contribution in [3.05, 3.63) is 10.5 Å². The van der Waals surface area contributed by atoms with Gasteiger partial charge in [0.25, 0.3) is 0 Å². The summed E-state index contributed by atoms with van der Waals surface area (Å²) in [5.41, 5.74) is 6.17. The van der Waals surface area contributed by atoms with Crippen LogP contribution in [0.3, 0.4) is 0 Å². The Bertz CT molecular complexity index is 291. The number of aromatic nitrogens is 1. The molecule has 66 valence electrons. The van der Waals surface area contributed by atoms with Crippen LogP contribution in [-0.2, 0) is 0 Å². The third-order valence-corrected chi connectivity index (χ3v) is 2.13.